The molecule has 0 aromatic carbocycles. The molecule has 0 aromatic heterocycles. The predicted octanol–water partition coefficient (Wildman–Crippen LogP) is 0.689. The molecule has 0 heterocycles. The SMILES string of the molecule is CC(C)CCS(=O)(=O)NC(CN)C1CC1. The first-order valence-electron chi connectivity index (χ1n) is 5.64. The minimum absolute atomic E-state index is 0.0397. The summed E-state index contributed by atoms with van der Waals surface area (Å²) >= 11 is 0. The van der Waals surface area contributed by atoms with Crippen molar-refractivity contribution in [2.45, 2.75) is 39.2 Å². The zero-order chi connectivity index (χ0) is 11.5. The summed E-state index contributed by atoms with van der Waals surface area (Å²) in [4.78, 5) is 0. The van der Waals surface area contributed by atoms with Gasteiger partial charge in [0.2, 0.25) is 10.0 Å². The van der Waals surface area contributed by atoms with Crippen molar-refractivity contribution in [2.24, 2.45) is 17.6 Å². The van der Waals surface area contributed by atoms with Crippen LogP contribution >= 0.6 is 0 Å². The minimum atomic E-state index is -3.12. The van der Waals surface area contributed by atoms with Crippen molar-refractivity contribution in [3.8, 4) is 0 Å². The first-order valence-corrected chi connectivity index (χ1v) is 7.30. The van der Waals surface area contributed by atoms with Crippen LogP contribution in [0.15, 0.2) is 0 Å². The van der Waals surface area contributed by atoms with Gasteiger partial charge in [-0.25, -0.2) is 13.1 Å². The summed E-state index contributed by atoms with van der Waals surface area (Å²) in [5.74, 6) is 1.11. The number of hydrogen-bond acceptors (Lipinski definition) is 3. The Morgan fingerprint density at radius 2 is 2.00 bits per heavy atom. The maximum Gasteiger partial charge on any atom is 0.211 e. The monoisotopic (exact) mass is 234 g/mol. The van der Waals surface area contributed by atoms with E-state index in [0.717, 1.165) is 12.8 Å². The molecule has 15 heavy (non-hydrogen) atoms. The van der Waals surface area contributed by atoms with Crippen LogP contribution in [-0.4, -0.2) is 26.8 Å². The number of rotatable bonds is 7. The molecule has 5 heteroatoms. The van der Waals surface area contributed by atoms with Gasteiger partial charge in [0, 0.05) is 12.6 Å². The first kappa shape index (κ1) is 12.9. The molecule has 1 fully saturated rings. The molecule has 3 N–H and O–H groups in total. The quantitative estimate of drug-likeness (QED) is 0.680. The van der Waals surface area contributed by atoms with Gasteiger partial charge in [0.25, 0.3) is 0 Å². The fraction of sp³-hybridized carbons (Fsp3) is 1.00. The highest BCUT2D eigenvalue weighted by Crippen LogP contribution is 2.32. The van der Waals surface area contributed by atoms with E-state index in [2.05, 4.69) is 4.72 Å². The third-order valence-corrected chi connectivity index (χ3v) is 4.17. The number of sulfonamides is 1. The van der Waals surface area contributed by atoms with E-state index < -0.39 is 10.0 Å². The Hall–Kier alpha value is -0.130. The fourth-order valence-electron chi connectivity index (χ4n) is 1.52. The standard InChI is InChI=1S/C10H22N2O2S/c1-8(2)5-6-15(13,14)12-10(7-11)9-3-4-9/h8-10,12H,3-7,11H2,1-2H3. The normalized spacial score (nSPS) is 19.5. The van der Waals surface area contributed by atoms with Crippen molar-refractivity contribution in [1.82, 2.24) is 4.72 Å². The van der Waals surface area contributed by atoms with Gasteiger partial charge in [0.15, 0.2) is 0 Å². The van der Waals surface area contributed by atoms with Gasteiger partial charge >= 0.3 is 0 Å². The third kappa shape index (κ3) is 4.95. The largest absolute Gasteiger partial charge is 0.329 e. The Morgan fingerprint density at radius 1 is 1.40 bits per heavy atom. The zero-order valence-electron chi connectivity index (χ0n) is 9.57. The molecule has 1 aliphatic carbocycles. The van der Waals surface area contributed by atoms with Crippen molar-refractivity contribution in [1.29, 1.82) is 0 Å². The van der Waals surface area contributed by atoms with Gasteiger partial charge in [-0.15, -0.1) is 0 Å². The van der Waals surface area contributed by atoms with Crippen LogP contribution in [-0.2, 0) is 10.0 Å². The van der Waals surface area contributed by atoms with Gasteiger partial charge in [-0.1, -0.05) is 13.8 Å². The first-order chi connectivity index (χ1) is 6.94. The Kier molecular flexibility index (Phi) is 4.55. The molecule has 4 nitrogen and oxygen atoms in total. The molecular formula is C10H22N2O2S. The molecular weight excluding hydrogens is 212 g/mol. The molecule has 0 aliphatic heterocycles. The van der Waals surface area contributed by atoms with Crippen LogP contribution in [0.5, 0.6) is 0 Å². The molecule has 1 aliphatic rings. The lowest BCUT2D eigenvalue weighted by Gasteiger charge is -2.16. The Bertz CT molecular complexity index is 284. The molecule has 1 rings (SSSR count). The summed E-state index contributed by atoms with van der Waals surface area (Å²) in [6, 6.07) is -0.0397. The van der Waals surface area contributed by atoms with E-state index in [1.807, 2.05) is 13.8 Å². The predicted molar refractivity (Wildman–Crippen MR) is 61.9 cm³/mol. The second kappa shape index (κ2) is 5.27. The molecule has 1 unspecified atom stereocenters. The molecule has 0 aromatic rings. The average Bonchev–Trinajstić information content (AvgIpc) is 2.94. The highest BCUT2D eigenvalue weighted by molar-refractivity contribution is 7.89. The average molecular weight is 234 g/mol. The maximum atomic E-state index is 11.7. The van der Waals surface area contributed by atoms with E-state index in [1.54, 1.807) is 0 Å². The van der Waals surface area contributed by atoms with Crippen LogP contribution in [0.2, 0.25) is 0 Å². The summed E-state index contributed by atoms with van der Waals surface area (Å²) < 4.78 is 26.0. The van der Waals surface area contributed by atoms with Gasteiger partial charge in [-0.05, 0) is 31.1 Å². The van der Waals surface area contributed by atoms with Crippen LogP contribution in [0.3, 0.4) is 0 Å². The molecule has 0 bridgehead atoms. The van der Waals surface area contributed by atoms with Gasteiger partial charge in [-0.2, -0.15) is 0 Å². The lowest BCUT2D eigenvalue weighted by atomic mass is 10.2. The third-order valence-electron chi connectivity index (χ3n) is 2.74. The smallest absolute Gasteiger partial charge is 0.211 e. The van der Waals surface area contributed by atoms with Crippen molar-refractivity contribution in [3.05, 3.63) is 0 Å². The van der Waals surface area contributed by atoms with Crippen LogP contribution in [0.1, 0.15) is 33.1 Å². The second-order valence-corrected chi connectivity index (χ2v) is 6.67. The lowest BCUT2D eigenvalue weighted by molar-refractivity contribution is 0.512. The zero-order valence-corrected chi connectivity index (χ0v) is 10.4. The summed E-state index contributed by atoms with van der Waals surface area (Å²) in [7, 11) is -3.12. The van der Waals surface area contributed by atoms with Gasteiger partial charge in [-0.3, -0.25) is 0 Å². The summed E-state index contributed by atoms with van der Waals surface area (Å²) in [5.41, 5.74) is 5.55. The van der Waals surface area contributed by atoms with Crippen molar-refractivity contribution in [2.75, 3.05) is 12.3 Å². The highest BCUT2D eigenvalue weighted by Gasteiger charge is 2.32. The van der Waals surface area contributed by atoms with Crippen molar-refractivity contribution >= 4 is 10.0 Å². The highest BCUT2D eigenvalue weighted by atomic mass is 32.2. The van der Waals surface area contributed by atoms with Crippen molar-refractivity contribution in [3.63, 3.8) is 0 Å². The van der Waals surface area contributed by atoms with Gasteiger partial charge < -0.3 is 5.73 Å². The number of hydrogen-bond donors (Lipinski definition) is 2. The maximum absolute atomic E-state index is 11.7. The molecule has 90 valence electrons. The molecule has 0 saturated heterocycles. The summed E-state index contributed by atoms with van der Waals surface area (Å²) in [6.45, 7) is 4.46. The Balaban J connectivity index is 2.39. The van der Waals surface area contributed by atoms with Gasteiger partial charge in [0.05, 0.1) is 5.75 Å². The van der Waals surface area contributed by atoms with E-state index in [1.165, 1.54) is 0 Å². The molecule has 1 saturated carbocycles. The van der Waals surface area contributed by atoms with E-state index in [0.29, 0.717) is 24.8 Å². The van der Waals surface area contributed by atoms with E-state index in [9.17, 15) is 8.42 Å². The molecule has 1 atom stereocenters. The van der Waals surface area contributed by atoms with Crippen LogP contribution in [0.4, 0.5) is 0 Å². The Morgan fingerprint density at radius 3 is 2.40 bits per heavy atom. The van der Waals surface area contributed by atoms with Crippen molar-refractivity contribution < 1.29 is 8.42 Å². The second-order valence-electron chi connectivity index (χ2n) is 4.80. The van der Waals surface area contributed by atoms with E-state index in [4.69, 9.17) is 5.73 Å². The fourth-order valence-corrected chi connectivity index (χ4v) is 3.17. The Labute approximate surface area is 92.7 Å². The molecule has 0 amide bonds. The van der Waals surface area contributed by atoms with Crippen LogP contribution in [0.25, 0.3) is 0 Å². The van der Waals surface area contributed by atoms with Gasteiger partial charge in [0.1, 0.15) is 0 Å². The minimum Gasteiger partial charge on any atom is -0.329 e. The topological polar surface area (TPSA) is 72.2 Å². The van der Waals surface area contributed by atoms with E-state index in [-0.39, 0.29) is 11.8 Å². The van der Waals surface area contributed by atoms with Crippen LogP contribution in [0, 0.1) is 11.8 Å². The number of nitrogens with two attached hydrogens (primary N) is 1. The molecule has 0 spiro atoms. The summed E-state index contributed by atoms with van der Waals surface area (Å²) in [5, 5.41) is 0. The number of nitrogens with one attached hydrogen (secondary N) is 1. The van der Waals surface area contributed by atoms with E-state index >= 15 is 0 Å². The molecule has 0 radical (unpaired) electrons. The lowest BCUT2D eigenvalue weighted by Crippen LogP contribution is -2.42. The summed E-state index contributed by atoms with van der Waals surface area (Å²) in [6.07, 6.45) is 2.92. The van der Waals surface area contributed by atoms with Crippen LogP contribution < -0.4 is 10.5 Å².